The Kier molecular flexibility index (Phi) is 4.09. The maximum atomic E-state index is 5.77. The zero-order valence-electron chi connectivity index (χ0n) is 11.9. The molecule has 6 heteroatoms. The molecule has 1 saturated heterocycles. The monoisotopic (exact) mass is 265 g/mol. The van der Waals surface area contributed by atoms with E-state index < -0.39 is 0 Å². The van der Waals surface area contributed by atoms with Gasteiger partial charge in [-0.3, -0.25) is 0 Å². The van der Waals surface area contributed by atoms with Crippen molar-refractivity contribution in [2.45, 2.75) is 19.8 Å². The molecule has 1 aliphatic heterocycles. The third-order valence-corrected chi connectivity index (χ3v) is 3.91. The molecule has 6 nitrogen and oxygen atoms in total. The summed E-state index contributed by atoms with van der Waals surface area (Å²) in [6.07, 6.45) is 3.82. The van der Waals surface area contributed by atoms with Gasteiger partial charge in [-0.2, -0.15) is 0 Å². The second-order valence-corrected chi connectivity index (χ2v) is 5.61. The van der Waals surface area contributed by atoms with E-state index in [4.69, 9.17) is 10.5 Å². The highest BCUT2D eigenvalue weighted by Crippen LogP contribution is 2.32. The first-order valence-corrected chi connectivity index (χ1v) is 6.61. The number of rotatable bonds is 4. The fourth-order valence-corrected chi connectivity index (χ4v) is 2.35. The molecule has 0 bridgehead atoms. The molecule has 1 aromatic heterocycles. The van der Waals surface area contributed by atoms with E-state index in [0.717, 1.165) is 19.6 Å². The Morgan fingerprint density at radius 2 is 2.11 bits per heavy atom. The second-order valence-electron chi connectivity index (χ2n) is 5.61. The summed E-state index contributed by atoms with van der Waals surface area (Å²) in [7, 11) is 3.75. The summed E-state index contributed by atoms with van der Waals surface area (Å²) in [5.74, 6) is 1.57. The number of hydrogen-bond donors (Lipinski definition) is 2. The van der Waals surface area contributed by atoms with Crippen molar-refractivity contribution in [1.82, 2.24) is 14.9 Å². The van der Waals surface area contributed by atoms with Gasteiger partial charge in [0.15, 0.2) is 11.6 Å². The molecule has 3 N–H and O–H groups in total. The van der Waals surface area contributed by atoms with E-state index in [9.17, 15) is 0 Å². The van der Waals surface area contributed by atoms with Gasteiger partial charge in [0, 0.05) is 6.54 Å². The van der Waals surface area contributed by atoms with Gasteiger partial charge in [0.05, 0.1) is 7.11 Å². The Labute approximate surface area is 114 Å². The summed E-state index contributed by atoms with van der Waals surface area (Å²) in [6.45, 7) is 5.46. The normalized spacial score (nSPS) is 19.1. The van der Waals surface area contributed by atoms with Crippen molar-refractivity contribution < 1.29 is 4.74 Å². The summed E-state index contributed by atoms with van der Waals surface area (Å²) in [4.78, 5) is 10.5. The first-order valence-electron chi connectivity index (χ1n) is 6.61. The van der Waals surface area contributed by atoms with E-state index in [1.807, 2.05) is 0 Å². The average molecular weight is 265 g/mol. The number of ether oxygens (including phenoxy) is 1. The second kappa shape index (κ2) is 5.61. The number of nitrogens with zero attached hydrogens (tertiary/aromatic N) is 3. The molecule has 0 spiro atoms. The minimum absolute atomic E-state index is 0.289. The van der Waals surface area contributed by atoms with Crippen molar-refractivity contribution in [1.29, 1.82) is 0 Å². The molecule has 0 aromatic carbocycles. The van der Waals surface area contributed by atoms with E-state index in [0.29, 0.717) is 17.4 Å². The molecule has 0 amide bonds. The molecule has 1 aliphatic rings. The molecule has 106 valence electrons. The van der Waals surface area contributed by atoms with Crippen LogP contribution in [0, 0.1) is 5.41 Å². The quantitative estimate of drug-likeness (QED) is 0.852. The van der Waals surface area contributed by atoms with Crippen LogP contribution in [0.25, 0.3) is 0 Å². The molecule has 19 heavy (non-hydrogen) atoms. The maximum absolute atomic E-state index is 5.77. The number of nitrogens with one attached hydrogen (secondary N) is 1. The molecule has 0 aliphatic carbocycles. The van der Waals surface area contributed by atoms with Crippen LogP contribution in [0.15, 0.2) is 6.33 Å². The van der Waals surface area contributed by atoms with Crippen molar-refractivity contribution in [3.05, 3.63) is 6.33 Å². The number of anilines is 2. The van der Waals surface area contributed by atoms with E-state index >= 15 is 0 Å². The van der Waals surface area contributed by atoms with Crippen LogP contribution in [0.1, 0.15) is 19.8 Å². The lowest BCUT2D eigenvalue weighted by Crippen LogP contribution is -2.40. The number of nitrogen functional groups attached to an aromatic ring is 1. The lowest BCUT2D eigenvalue weighted by molar-refractivity contribution is 0.150. The minimum atomic E-state index is 0.289. The molecule has 0 saturated carbocycles. The average Bonchev–Trinajstić information content (AvgIpc) is 2.40. The molecular weight excluding hydrogens is 242 g/mol. The smallest absolute Gasteiger partial charge is 0.203 e. The van der Waals surface area contributed by atoms with Crippen molar-refractivity contribution >= 4 is 11.6 Å². The standard InChI is InChI=1S/C13H23N5O/c1-13(4-6-18(2)7-5-13)8-15-12-10(19-3)11(14)16-9-17-12/h9H,4-8H2,1-3H3,(H3,14,15,16,17). The Bertz CT molecular complexity index is 429. The summed E-state index contributed by atoms with van der Waals surface area (Å²) in [5.41, 5.74) is 6.06. The van der Waals surface area contributed by atoms with Crippen LogP contribution in [-0.2, 0) is 0 Å². The Morgan fingerprint density at radius 1 is 1.42 bits per heavy atom. The van der Waals surface area contributed by atoms with Crippen molar-refractivity contribution in [2.24, 2.45) is 5.41 Å². The van der Waals surface area contributed by atoms with Crippen LogP contribution in [-0.4, -0.2) is 48.7 Å². The van der Waals surface area contributed by atoms with Gasteiger partial charge in [-0.05, 0) is 38.4 Å². The molecular formula is C13H23N5O. The van der Waals surface area contributed by atoms with Crippen LogP contribution in [0.3, 0.4) is 0 Å². The lowest BCUT2D eigenvalue weighted by atomic mass is 9.80. The number of aromatic nitrogens is 2. The zero-order chi connectivity index (χ0) is 13.9. The Balaban J connectivity index is 2.01. The fourth-order valence-electron chi connectivity index (χ4n) is 2.35. The predicted octanol–water partition coefficient (Wildman–Crippen LogP) is 1.21. The highest BCUT2D eigenvalue weighted by atomic mass is 16.5. The Hall–Kier alpha value is -1.56. The molecule has 1 aromatic rings. The maximum Gasteiger partial charge on any atom is 0.203 e. The SMILES string of the molecule is COc1c(N)ncnc1NCC1(C)CCN(C)CC1. The van der Waals surface area contributed by atoms with E-state index in [1.54, 1.807) is 7.11 Å². The number of likely N-dealkylation sites (tertiary alicyclic amines) is 1. The van der Waals surface area contributed by atoms with Crippen LogP contribution in [0.2, 0.25) is 0 Å². The molecule has 1 fully saturated rings. The van der Waals surface area contributed by atoms with Crippen LogP contribution < -0.4 is 15.8 Å². The number of hydrogen-bond acceptors (Lipinski definition) is 6. The topological polar surface area (TPSA) is 76.3 Å². The number of methoxy groups -OCH3 is 1. The van der Waals surface area contributed by atoms with Gasteiger partial charge in [-0.15, -0.1) is 0 Å². The summed E-state index contributed by atoms with van der Waals surface area (Å²) in [6, 6.07) is 0. The van der Waals surface area contributed by atoms with Gasteiger partial charge < -0.3 is 20.7 Å². The van der Waals surface area contributed by atoms with E-state index in [2.05, 4.69) is 34.2 Å². The van der Waals surface area contributed by atoms with Crippen molar-refractivity contribution in [3.63, 3.8) is 0 Å². The summed E-state index contributed by atoms with van der Waals surface area (Å²) in [5, 5.41) is 3.36. The minimum Gasteiger partial charge on any atom is -0.490 e. The first kappa shape index (κ1) is 13.9. The first-order chi connectivity index (χ1) is 9.04. The largest absolute Gasteiger partial charge is 0.490 e. The molecule has 2 rings (SSSR count). The van der Waals surface area contributed by atoms with Gasteiger partial charge in [-0.25, -0.2) is 9.97 Å². The Morgan fingerprint density at radius 3 is 2.74 bits per heavy atom. The fraction of sp³-hybridized carbons (Fsp3) is 0.692. The van der Waals surface area contributed by atoms with E-state index in [-0.39, 0.29) is 5.41 Å². The number of nitrogens with two attached hydrogens (primary N) is 1. The molecule has 0 radical (unpaired) electrons. The summed E-state index contributed by atoms with van der Waals surface area (Å²) < 4.78 is 5.25. The zero-order valence-corrected chi connectivity index (χ0v) is 11.9. The van der Waals surface area contributed by atoms with Crippen molar-refractivity contribution in [3.8, 4) is 5.75 Å². The van der Waals surface area contributed by atoms with Gasteiger partial charge in [0.2, 0.25) is 5.75 Å². The number of piperidine rings is 1. The van der Waals surface area contributed by atoms with Crippen molar-refractivity contribution in [2.75, 3.05) is 44.8 Å². The third-order valence-electron chi connectivity index (χ3n) is 3.91. The molecule has 0 atom stereocenters. The lowest BCUT2D eigenvalue weighted by Gasteiger charge is -2.38. The molecule has 0 unspecified atom stereocenters. The van der Waals surface area contributed by atoms with Gasteiger partial charge in [0.25, 0.3) is 0 Å². The van der Waals surface area contributed by atoms with Crippen LogP contribution in [0.5, 0.6) is 5.75 Å². The molecule has 2 heterocycles. The van der Waals surface area contributed by atoms with Crippen LogP contribution in [0.4, 0.5) is 11.6 Å². The van der Waals surface area contributed by atoms with Crippen LogP contribution >= 0.6 is 0 Å². The van der Waals surface area contributed by atoms with E-state index in [1.165, 1.54) is 19.2 Å². The van der Waals surface area contributed by atoms with Gasteiger partial charge >= 0.3 is 0 Å². The van der Waals surface area contributed by atoms with Gasteiger partial charge in [0.1, 0.15) is 6.33 Å². The van der Waals surface area contributed by atoms with Gasteiger partial charge in [-0.1, -0.05) is 6.92 Å². The highest BCUT2D eigenvalue weighted by Gasteiger charge is 2.29. The third kappa shape index (κ3) is 3.26. The highest BCUT2D eigenvalue weighted by molar-refractivity contribution is 5.61. The predicted molar refractivity (Wildman–Crippen MR) is 76.3 cm³/mol. The summed E-state index contributed by atoms with van der Waals surface area (Å²) >= 11 is 0.